The molecule has 2 fully saturated rings. The fourth-order valence-corrected chi connectivity index (χ4v) is 4.71. The average molecular weight is 527 g/mol. The molecule has 0 aliphatic heterocycles. The molecule has 1 aromatic carbocycles. The number of fused-ring (bicyclic) bond motifs is 1. The van der Waals surface area contributed by atoms with E-state index in [2.05, 4.69) is 25.6 Å². The molecule has 3 aromatic rings. The molecule has 2 aromatic heterocycles. The molecular weight excluding hydrogens is 487 g/mol. The molecule has 5 rings (SSSR count). The Morgan fingerprint density at radius 3 is 3.00 bits per heavy atom. The van der Waals surface area contributed by atoms with E-state index >= 15 is 0 Å². The van der Waals surface area contributed by atoms with Crippen LogP contribution >= 0.6 is 11.8 Å². The number of hydrogen-bond donors (Lipinski definition) is 4. The minimum atomic E-state index is -2.47. The summed E-state index contributed by atoms with van der Waals surface area (Å²) in [6, 6.07) is -4.44. The number of hydrogen-bond acceptors (Lipinski definition) is 10. The van der Waals surface area contributed by atoms with Crippen LogP contribution in [0.3, 0.4) is 0 Å². The first-order chi connectivity index (χ1) is 20.5. The van der Waals surface area contributed by atoms with E-state index in [-0.39, 0.29) is 34.1 Å². The van der Waals surface area contributed by atoms with Gasteiger partial charge in [0.2, 0.25) is 0 Å². The second-order valence-corrected chi connectivity index (χ2v) is 9.54. The van der Waals surface area contributed by atoms with E-state index in [0.717, 1.165) is 6.42 Å². The van der Waals surface area contributed by atoms with E-state index < -0.39 is 85.3 Å². The van der Waals surface area contributed by atoms with E-state index in [1.807, 2.05) is 6.92 Å². The van der Waals surface area contributed by atoms with Gasteiger partial charge in [-0.05, 0) is 36.9 Å². The van der Waals surface area contributed by atoms with Crippen LogP contribution in [0.4, 0.5) is 10.2 Å². The molecule has 2 saturated carbocycles. The second-order valence-electron chi connectivity index (χ2n) is 8.48. The fourth-order valence-electron chi connectivity index (χ4n) is 4.02. The van der Waals surface area contributed by atoms with Gasteiger partial charge in [0.1, 0.15) is 18.0 Å². The Labute approximate surface area is 223 Å². The average Bonchev–Trinajstić information content (AvgIpc) is 3.28. The normalized spacial score (nSPS) is 34.7. The first-order valence-corrected chi connectivity index (χ1v) is 12.4. The van der Waals surface area contributed by atoms with E-state index in [1.54, 1.807) is 0 Å². The summed E-state index contributed by atoms with van der Waals surface area (Å²) >= 11 is 1.25. The molecular formula is C24H31FN6O4S. The Bertz CT molecular complexity index is 1580. The third kappa shape index (κ3) is 4.92. The largest absolute Gasteiger partial charge is 0.394 e. The summed E-state index contributed by atoms with van der Waals surface area (Å²) in [5.41, 5.74) is -0.748. The minimum Gasteiger partial charge on any atom is -0.394 e. The number of benzene rings is 1. The molecule has 0 spiro atoms. The zero-order chi connectivity index (χ0) is 32.5. The lowest BCUT2D eigenvalue weighted by molar-refractivity contribution is -0.0629. The topological polar surface area (TPSA) is 138 Å². The number of ether oxygens (including phenoxy) is 1. The van der Waals surface area contributed by atoms with Crippen molar-refractivity contribution in [3.63, 3.8) is 0 Å². The molecule has 6 atom stereocenters. The molecule has 36 heavy (non-hydrogen) atoms. The van der Waals surface area contributed by atoms with Gasteiger partial charge in [-0.25, -0.2) is 19.0 Å². The summed E-state index contributed by atoms with van der Waals surface area (Å²) in [7, 11) is 0. The van der Waals surface area contributed by atoms with Crippen LogP contribution in [-0.2, 0) is 4.74 Å². The first kappa shape index (κ1) is 17.2. The molecule has 0 amide bonds. The smallest absolute Gasteiger partial charge is 0.191 e. The maximum absolute atomic E-state index is 14.8. The van der Waals surface area contributed by atoms with Gasteiger partial charge in [-0.3, -0.25) is 0 Å². The number of nitrogens with one attached hydrogen (secondary N) is 1. The second kappa shape index (κ2) is 10.5. The fraction of sp³-hybridized carbons (Fsp3) is 0.583. The van der Waals surface area contributed by atoms with Crippen LogP contribution in [0.5, 0.6) is 0 Å². The highest BCUT2D eigenvalue weighted by Gasteiger charge is 2.45. The van der Waals surface area contributed by atoms with Gasteiger partial charge < -0.3 is 25.4 Å². The lowest BCUT2D eigenvalue weighted by Gasteiger charge is -2.17. The summed E-state index contributed by atoms with van der Waals surface area (Å²) in [5.74, 6) is -2.91. The molecule has 2 aliphatic rings. The number of halogens is 1. The molecule has 0 bridgehead atoms. The van der Waals surface area contributed by atoms with Crippen LogP contribution < -0.4 is 5.32 Å². The summed E-state index contributed by atoms with van der Waals surface area (Å²) in [6.07, 6.45) is -6.04. The summed E-state index contributed by atoms with van der Waals surface area (Å²) in [5, 5.41) is 41.8. The number of aliphatic hydroxyl groups excluding tert-OH is 3. The van der Waals surface area contributed by atoms with Crippen molar-refractivity contribution in [1.82, 2.24) is 25.0 Å². The first-order valence-electron chi connectivity index (χ1n) is 15.4. The highest BCUT2D eigenvalue weighted by Crippen LogP contribution is 2.44. The number of thioether (sulfide) groups is 1. The summed E-state index contributed by atoms with van der Waals surface area (Å²) in [6.45, 7) is -0.279. The van der Waals surface area contributed by atoms with E-state index in [1.165, 1.54) is 23.4 Å². The zero-order valence-electron chi connectivity index (χ0n) is 27.5. The van der Waals surface area contributed by atoms with Crippen LogP contribution in [0.1, 0.15) is 60.2 Å². The van der Waals surface area contributed by atoms with Crippen LogP contribution in [0.15, 0.2) is 23.3 Å². The predicted octanol–water partition coefficient (Wildman–Crippen LogP) is 2.18. The Morgan fingerprint density at radius 1 is 1.39 bits per heavy atom. The molecule has 10 nitrogen and oxygen atoms in total. The van der Waals surface area contributed by atoms with Crippen molar-refractivity contribution in [2.24, 2.45) is 0 Å². The lowest BCUT2D eigenvalue weighted by Crippen LogP contribution is -2.33. The maximum Gasteiger partial charge on any atom is 0.191 e. The monoisotopic (exact) mass is 526 g/mol. The van der Waals surface area contributed by atoms with E-state index in [4.69, 9.17) is 15.7 Å². The number of anilines is 1. The van der Waals surface area contributed by atoms with Crippen LogP contribution in [0.2, 0.25) is 0 Å². The Balaban J connectivity index is 1.55. The summed E-state index contributed by atoms with van der Waals surface area (Å²) < 4.78 is 87.3. The van der Waals surface area contributed by atoms with Crippen molar-refractivity contribution in [2.75, 3.05) is 24.2 Å². The molecule has 194 valence electrons. The number of aromatic nitrogens is 5. The number of rotatable bonds is 10. The van der Waals surface area contributed by atoms with Crippen molar-refractivity contribution in [2.45, 2.75) is 74.5 Å². The van der Waals surface area contributed by atoms with Gasteiger partial charge in [0.25, 0.3) is 0 Å². The maximum atomic E-state index is 14.8. The van der Waals surface area contributed by atoms with E-state index in [0.29, 0.717) is 5.75 Å². The van der Waals surface area contributed by atoms with Gasteiger partial charge in [-0.1, -0.05) is 36.0 Å². The number of nitrogens with zero attached hydrogens (tertiary/aromatic N) is 5. The van der Waals surface area contributed by atoms with Crippen molar-refractivity contribution >= 4 is 28.7 Å². The van der Waals surface area contributed by atoms with Crippen molar-refractivity contribution in [1.29, 1.82) is 0 Å². The van der Waals surface area contributed by atoms with E-state index in [9.17, 15) is 19.7 Å². The van der Waals surface area contributed by atoms with Gasteiger partial charge in [-0.15, -0.1) is 5.10 Å². The van der Waals surface area contributed by atoms with Crippen LogP contribution in [0, 0.1) is 12.7 Å². The lowest BCUT2D eigenvalue weighted by atomic mass is 10.1. The molecule has 0 radical (unpaired) electrons. The van der Waals surface area contributed by atoms with Crippen LogP contribution in [0.25, 0.3) is 11.2 Å². The molecule has 2 heterocycles. The predicted molar refractivity (Wildman–Crippen MR) is 133 cm³/mol. The Kier molecular flexibility index (Phi) is 5.03. The SMILES string of the molecule is [2H]c1c([2H])c([C@@]2([2H])[C@H](Nc3nc(SCCC)nc4c3nnn4[C@@H]3C[C@H](OC([2H])([2H])CO)[C@@H](O)[C@H]3O)C2([2H])[2H])c([2H])c(F)c1C. The number of aliphatic hydroxyl groups is 3. The quantitative estimate of drug-likeness (QED) is 0.230. The minimum absolute atomic E-state index is 0.00102. The molecule has 4 N–H and O–H groups in total. The van der Waals surface area contributed by atoms with Crippen molar-refractivity contribution in [3.8, 4) is 0 Å². The van der Waals surface area contributed by atoms with Crippen LogP contribution in [-0.4, -0.2) is 83.6 Å². The third-order valence-electron chi connectivity index (χ3n) is 5.95. The van der Waals surface area contributed by atoms with Gasteiger partial charge in [-0.2, -0.15) is 0 Å². The third-order valence-corrected chi connectivity index (χ3v) is 7.00. The van der Waals surface area contributed by atoms with Gasteiger partial charge in [0.05, 0.1) is 32.2 Å². The van der Waals surface area contributed by atoms with Crippen molar-refractivity contribution in [3.05, 3.63) is 35.1 Å². The van der Waals surface area contributed by atoms with Crippen molar-refractivity contribution < 1.29 is 35.4 Å². The van der Waals surface area contributed by atoms with Gasteiger partial charge in [0, 0.05) is 28.2 Å². The standard InChI is InChI=1S/C24H31FN6O4S/c1-3-8-36-24-27-22(26-16-10-14(16)13-5-4-12(2)15(25)9-13)19-23(28-24)31(30-29-19)17-11-18(35-7-6-32)21(34)20(17)33/h4-5,9,14,16-18,20-21,32-34H,3,6-8,10-11H2,1-2H3,(H,26,27,28)/t14-,16+,17+,18-,20-,21+/m0/s1/i4D,5D,7D2,9D,10D2,14D. The zero-order valence-corrected chi connectivity index (χ0v) is 20.3. The highest BCUT2D eigenvalue weighted by atomic mass is 32.2. The molecule has 0 unspecified atom stereocenters. The Hall–Kier alpha value is -2.38. The van der Waals surface area contributed by atoms with Gasteiger partial charge in [0.15, 0.2) is 22.1 Å². The highest BCUT2D eigenvalue weighted by molar-refractivity contribution is 7.99. The van der Waals surface area contributed by atoms with Gasteiger partial charge >= 0.3 is 0 Å². The summed E-state index contributed by atoms with van der Waals surface area (Å²) in [4.78, 5) is 8.94. The Morgan fingerprint density at radius 2 is 2.22 bits per heavy atom. The molecule has 12 heteroatoms. The molecule has 0 saturated heterocycles. The molecule has 2 aliphatic carbocycles.